The van der Waals surface area contributed by atoms with Crippen LogP contribution in [-0.2, 0) is 6.54 Å². The molecule has 0 aliphatic carbocycles. The molecule has 1 rings (SSSR count). The van der Waals surface area contributed by atoms with E-state index in [2.05, 4.69) is 17.3 Å². The van der Waals surface area contributed by atoms with Gasteiger partial charge in [-0.1, -0.05) is 17.7 Å². The van der Waals surface area contributed by atoms with E-state index in [4.69, 9.17) is 16.3 Å². The van der Waals surface area contributed by atoms with Gasteiger partial charge in [-0.15, -0.1) is 0 Å². The highest BCUT2D eigenvalue weighted by molar-refractivity contribution is 6.31. The summed E-state index contributed by atoms with van der Waals surface area (Å²) in [4.78, 5) is 2.27. The Morgan fingerprint density at radius 1 is 1.41 bits per heavy atom. The average Bonchev–Trinajstić information content (AvgIpc) is 2.32. The number of nitrogens with one attached hydrogen (secondary N) is 1. The van der Waals surface area contributed by atoms with Crippen LogP contribution in [0.1, 0.15) is 12.0 Å². The molecule has 0 aromatic heterocycles. The van der Waals surface area contributed by atoms with Gasteiger partial charge in [-0.05, 0) is 51.3 Å². The van der Waals surface area contributed by atoms with Crippen molar-refractivity contribution in [1.29, 1.82) is 0 Å². The summed E-state index contributed by atoms with van der Waals surface area (Å²) in [6, 6.07) is 5.83. The summed E-state index contributed by atoms with van der Waals surface area (Å²) >= 11 is 6.19. The van der Waals surface area contributed by atoms with Crippen molar-refractivity contribution >= 4 is 11.6 Å². The molecular weight excluding hydrogens is 236 g/mol. The van der Waals surface area contributed by atoms with Gasteiger partial charge in [0.15, 0.2) is 0 Å². The zero-order valence-corrected chi connectivity index (χ0v) is 11.5. The van der Waals surface area contributed by atoms with Gasteiger partial charge in [0.1, 0.15) is 5.75 Å². The lowest BCUT2D eigenvalue weighted by Gasteiger charge is -2.17. The monoisotopic (exact) mass is 256 g/mol. The van der Waals surface area contributed by atoms with Crippen LogP contribution in [0.4, 0.5) is 0 Å². The highest BCUT2D eigenvalue weighted by atomic mass is 35.5. The molecule has 17 heavy (non-hydrogen) atoms. The van der Waals surface area contributed by atoms with E-state index < -0.39 is 0 Å². The normalized spacial score (nSPS) is 10.9. The molecule has 0 amide bonds. The van der Waals surface area contributed by atoms with Crippen molar-refractivity contribution in [3.8, 4) is 5.75 Å². The predicted octanol–water partition coefficient (Wildman–Crippen LogP) is 2.39. The van der Waals surface area contributed by atoms with Gasteiger partial charge in [-0.25, -0.2) is 0 Å². The molecule has 4 heteroatoms. The number of benzene rings is 1. The van der Waals surface area contributed by atoms with Gasteiger partial charge >= 0.3 is 0 Å². The lowest BCUT2D eigenvalue weighted by molar-refractivity contribution is 0.321. The molecule has 1 aromatic carbocycles. The van der Waals surface area contributed by atoms with Crippen molar-refractivity contribution in [3.63, 3.8) is 0 Å². The smallest absolute Gasteiger partial charge is 0.120 e. The zero-order chi connectivity index (χ0) is 12.7. The first-order valence-electron chi connectivity index (χ1n) is 5.83. The predicted molar refractivity (Wildman–Crippen MR) is 72.9 cm³/mol. The number of ether oxygens (including phenoxy) is 1. The third-order valence-corrected chi connectivity index (χ3v) is 3.02. The highest BCUT2D eigenvalue weighted by Gasteiger charge is 2.05. The van der Waals surface area contributed by atoms with E-state index in [9.17, 15) is 0 Å². The maximum Gasteiger partial charge on any atom is 0.120 e. The lowest BCUT2D eigenvalue weighted by atomic mass is 10.2. The second-order valence-corrected chi connectivity index (χ2v) is 4.56. The third kappa shape index (κ3) is 4.94. The van der Waals surface area contributed by atoms with Gasteiger partial charge < -0.3 is 15.0 Å². The van der Waals surface area contributed by atoms with Gasteiger partial charge in [-0.2, -0.15) is 0 Å². The molecule has 0 aliphatic heterocycles. The molecular formula is C13H21ClN2O. The molecule has 0 unspecified atom stereocenters. The van der Waals surface area contributed by atoms with Crippen molar-refractivity contribution < 1.29 is 4.74 Å². The van der Waals surface area contributed by atoms with Gasteiger partial charge in [0.2, 0.25) is 0 Å². The van der Waals surface area contributed by atoms with Gasteiger partial charge in [0.25, 0.3) is 0 Å². The van der Waals surface area contributed by atoms with Crippen LogP contribution >= 0.6 is 11.6 Å². The molecule has 0 bridgehead atoms. The van der Waals surface area contributed by atoms with Crippen molar-refractivity contribution in [2.24, 2.45) is 0 Å². The van der Waals surface area contributed by atoms with Crippen LogP contribution in [0.2, 0.25) is 5.02 Å². The van der Waals surface area contributed by atoms with Crippen LogP contribution in [0.5, 0.6) is 5.75 Å². The highest BCUT2D eigenvalue weighted by Crippen LogP contribution is 2.23. The fourth-order valence-corrected chi connectivity index (χ4v) is 1.91. The summed E-state index contributed by atoms with van der Waals surface area (Å²) in [5.74, 6) is 0.802. The van der Waals surface area contributed by atoms with Crippen LogP contribution in [0, 0.1) is 0 Å². The zero-order valence-electron chi connectivity index (χ0n) is 10.8. The quantitative estimate of drug-likeness (QED) is 0.759. The molecule has 0 aliphatic rings. The van der Waals surface area contributed by atoms with E-state index in [1.807, 2.05) is 25.2 Å². The average molecular weight is 257 g/mol. The number of methoxy groups -OCH3 is 1. The molecule has 0 spiro atoms. The third-order valence-electron chi connectivity index (χ3n) is 2.67. The molecule has 0 fully saturated rings. The van der Waals surface area contributed by atoms with E-state index in [1.165, 1.54) is 0 Å². The minimum Gasteiger partial charge on any atom is -0.497 e. The van der Waals surface area contributed by atoms with Crippen LogP contribution in [0.25, 0.3) is 0 Å². The fourth-order valence-electron chi connectivity index (χ4n) is 1.68. The second-order valence-electron chi connectivity index (χ2n) is 4.15. The summed E-state index contributed by atoms with van der Waals surface area (Å²) < 4.78 is 5.13. The first kappa shape index (κ1) is 14.3. The molecule has 0 heterocycles. The Bertz CT molecular complexity index is 344. The number of rotatable bonds is 7. The maximum absolute atomic E-state index is 6.19. The summed E-state index contributed by atoms with van der Waals surface area (Å²) in [6.45, 7) is 2.97. The Labute approximate surface area is 109 Å². The van der Waals surface area contributed by atoms with E-state index in [-0.39, 0.29) is 0 Å². The summed E-state index contributed by atoms with van der Waals surface area (Å²) in [5.41, 5.74) is 1.14. The number of halogens is 1. The van der Waals surface area contributed by atoms with Gasteiger partial charge in [0, 0.05) is 11.6 Å². The summed E-state index contributed by atoms with van der Waals surface area (Å²) in [6.07, 6.45) is 1.14. The largest absolute Gasteiger partial charge is 0.497 e. The molecule has 0 saturated carbocycles. The summed E-state index contributed by atoms with van der Waals surface area (Å²) in [7, 11) is 5.73. The van der Waals surface area contributed by atoms with E-state index in [1.54, 1.807) is 7.11 Å². The molecule has 0 radical (unpaired) electrons. The SMILES string of the molecule is CNCCCN(C)Cc1ccc(OC)cc1Cl. The molecule has 0 atom stereocenters. The van der Waals surface area contributed by atoms with E-state index in [0.29, 0.717) is 0 Å². The molecule has 1 N–H and O–H groups in total. The van der Waals surface area contributed by atoms with Crippen molar-refractivity contribution in [2.45, 2.75) is 13.0 Å². The van der Waals surface area contributed by atoms with Crippen LogP contribution < -0.4 is 10.1 Å². The first-order valence-corrected chi connectivity index (χ1v) is 6.20. The molecule has 0 saturated heterocycles. The minimum absolute atomic E-state index is 0.768. The fraction of sp³-hybridized carbons (Fsp3) is 0.538. The van der Waals surface area contributed by atoms with Crippen LogP contribution in [-0.4, -0.2) is 39.2 Å². The van der Waals surface area contributed by atoms with Crippen molar-refractivity contribution in [1.82, 2.24) is 10.2 Å². The number of hydrogen-bond acceptors (Lipinski definition) is 3. The Morgan fingerprint density at radius 2 is 2.18 bits per heavy atom. The lowest BCUT2D eigenvalue weighted by Crippen LogP contribution is -2.22. The Kier molecular flexibility index (Phi) is 6.34. The Balaban J connectivity index is 2.50. The van der Waals surface area contributed by atoms with Crippen molar-refractivity contribution in [3.05, 3.63) is 28.8 Å². The second kappa shape index (κ2) is 7.54. The Morgan fingerprint density at radius 3 is 2.76 bits per heavy atom. The first-order chi connectivity index (χ1) is 8.17. The van der Waals surface area contributed by atoms with Crippen LogP contribution in [0.3, 0.4) is 0 Å². The Hall–Kier alpha value is -0.770. The standard InChI is InChI=1S/C13H21ClN2O/c1-15-7-4-8-16(2)10-11-5-6-12(17-3)9-13(11)14/h5-6,9,15H,4,7-8,10H2,1-3H3. The summed E-state index contributed by atoms with van der Waals surface area (Å²) in [5, 5.41) is 3.91. The van der Waals surface area contributed by atoms with E-state index >= 15 is 0 Å². The minimum atomic E-state index is 0.768. The number of nitrogens with zero attached hydrogens (tertiary/aromatic N) is 1. The van der Waals surface area contributed by atoms with Crippen LogP contribution in [0.15, 0.2) is 18.2 Å². The molecule has 3 nitrogen and oxygen atoms in total. The van der Waals surface area contributed by atoms with Gasteiger partial charge in [-0.3, -0.25) is 0 Å². The topological polar surface area (TPSA) is 24.5 Å². The number of hydrogen-bond donors (Lipinski definition) is 1. The van der Waals surface area contributed by atoms with Gasteiger partial charge in [0.05, 0.1) is 7.11 Å². The molecule has 96 valence electrons. The molecule has 1 aromatic rings. The van der Waals surface area contributed by atoms with E-state index in [0.717, 1.165) is 42.4 Å². The van der Waals surface area contributed by atoms with Crippen molar-refractivity contribution in [2.75, 3.05) is 34.3 Å². The maximum atomic E-state index is 6.19.